The molecule has 22 heavy (non-hydrogen) atoms. The minimum absolute atomic E-state index is 0.106. The number of rotatable bonds is 4. The van der Waals surface area contributed by atoms with Crippen LogP contribution in [-0.4, -0.2) is 27.0 Å². The van der Waals surface area contributed by atoms with Gasteiger partial charge in [-0.15, -0.1) is 0 Å². The highest BCUT2D eigenvalue weighted by Gasteiger charge is 2.14. The minimum Gasteiger partial charge on any atom is -0.352 e. The maximum absolute atomic E-state index is 12.2. The van der Waals surface area contributed by atoms with Crippen molar-refractivity contribution < 1.29 is 4.79 Å². The molecule has 112 valence electrons. The van der Waals surface area contributed by atoms with Crippen LogP contribution in [0.4, 0.5) is 0 Å². The maximum atomic E-state index is 12.2. The fourth-order valence-corrected chi connectivity index (χ4v) is 2.35. The van der Waals surface area contributed by atoms with E-state index in [0.29, 0.717) is 12.1 Å². The quantitative estimate of drug-likeness (QED) is 0.805. The van der Waals surface area contributed by atoms with Crippen molar-refractivity contribution >= 4 is 11.6 Å². The highest BCUT2D eigenvalue weighted by Crippen LogP contribution is 2.20. The van der Waals surface area contributed by atoms with Gasteiger partial charge in [0.2, 0.25) is 0 Å². The molecule has 0 aliphatic rings. The van der Waals surface area contributed by atoms with E-state index in [1.807, 2.05) is 50.2 Å². The Kier molecular flexibility index (Phi) is 3.87. The van der Waals surface area contributed by atoms with Crippen LogP contribution in [0.1, 0.15) is 29.4 Å². The van der Waals surface area contributed by atoms with Crippen LogP contribution in [0, 0.1) is 6.92 Å². The molecule has 0 bridgehead atoms. The van der Waals surface area contributed by atoms with Gasteiger partial charge in [0.15, 0.2) is 5.65 Å². The van der Waals surface area contributed by atoms with Crippen LogP contribution in [-0.2, 0) is 0 Å². The van der Waals surface area contributed by atoms with Crippen LogP contribution in [0.3, 0.4) is 0 Å². The molecule has 0 aliphatic heterocycles. The zero-order chi connectivity index (χ0) is 15.5. The fourth-order valence-electron chi connectivity index (χ4n) is 2.35. The standard InChI is InChI=1S/C17H18N4O/c1-3-9-18-17(22)14-11-19-16-10-15(20-21(16)12(14)2)13-7-5-4-6-8-13/h4-8,10-11H,3,9H2,1-2H3,(H,18,22). The Morgan fingerprint density at radius 2 is 2.05 bits per heavy atom. The van der Waals surface area contributed by atoms with Gasteiger partial charge in [0.25, 0.3) is 5.91 Å². The largest absolute Gasteiger partial charge is 0.352 e. The van der Waals surface area contributed by atoms with E-state index in [1.165, 1.54) is 0 Å². The van der Waals surface area contributed by atoms with Gasteiger partial charge < -0.3 is 5.32 Å². The zero-order valence-electron chi connectivity index (χ0n) is 12.7. The number of nitrogens with one attached hydrogen (secondary N) is 1. The molecule has 1 N–H and O–H groups in total. The topological polar surface area (TPSA) is 59.3 Å². The Bertz CT molecular complexity index is 808. The van der Waals surface area contributed by atoms with Gasteiger partial charge in [0.05, 0.1) is 17.0 Å². The normalized spacial score (nSPS) is 10.8. The molecular weight excluding hydrogens is 276 g/mol. The van der Waals surface area contributed by atoms with E-state index in [2.05, 4.69) is 15.4 Å². The van der Waals surface area contributed by atoms with Crippen molar-refractivity contribution in [2.75, 3.05) is 6.54 Å². The van der Waals surface area contributed by atoms with Gasteiger partial charge in [-0.1, -0.05) is 37.3 Å². The van der Waals surface area contributed by atoms with Crippen molar-refractivity contribution in [3.63, 3.8) is 0 Å². The molecule has 0 unspecified atom stereocenters. The van der Waals surface area contributed by atoms with Crippen LogP contribution in [0.25, 0.3) is 16.9 Å². The number of fused-ring (bicyclic) bond motifs is 1. The number of carbonyl (C=O) groups excluding carboxylic acids is 1. The summed E-state index contributed by atoms with van der Waals surface area (Å²) < 4.78 is 1.73. The summed E-state index contributed by atoms with van der Waals surface area (Å²) in [6.45, 7) is 4.57. The van der Waals surface area contributed by atoms with Gasteiger partial charge in [-0.3, -0.25) is 4.79 Å². The molecule has 3 rings (SSSR count). The van der Waals surface area contributed by atoms with Gasteiger partial charge in [-0.25, -0.2) is 9.50 Å². The Balaban J connectivity index is 2.03. The van der Waals surface area contributed by atoms with E-state index in [0.717, 1.165) is 29.0 Å². The molecule has 1 amide bonds. The molecule has 0 fully saturated rings. The Labute approximate surface area is 129 Å². The lowest BCUT2D eigenvalue weighted by atomic mass is 10.2. The summed E-state index contributed by atoms with van der Waals surface area (Å²) in [7, 11) is 0. The van der Waals surface area contributed by atoms with Crippen LogP contribution < -0.4 is 5.32 Å². The molecule has 0 atom stereocenters. The summed E-state index contributed by atoms with van der Waals surface area (Å²) in [6.07, 6.45) is 2.52. The van der Waals surface area contributed by atoms with Gasteiger partial charge in [-0.05, 0) is 13.3 Å². The SMILES string of the molecule is CCCNC(=O)c1cnc2cc(-c3ccccc3)nn2c1C. The van der Waals surface area contributed by atoms with Crippen molar-refractivity contribution in [3.05, 3.63) is 53.9 Å². The van der Waals surface area contributed by atoms with Gasteiger partial charge in [0.1, 0.15) is 0 Å². The predicted molar refractivity (Wildman–Crippen MR) is 85.8 cm³/mol. The number of hydrogen-bond acceptors (Lipinski definition) is 3. The van der Waals surface area contributed by atoms with Crippen LogP contribution in [0.5, 0.6) is 0 Å². The Morgan fingerprint density at radius 3 is 2.77 bits per heavy atom. The summed E-state index contributed by atoms with van der Waals surface area (Å²) >= 11 is 0. The third-order valence-electron chi connectivity index (χ3n) is 3.57. The van der Waals surface area contributed by atoms with Crippen molar-refractivity contribution in [1.82, 2.24) is 19.9 Å². The fraction of sp³-hybridized carbons (Fsp3) is 0.235. The molecule has 0 saturated carbocycles. The van der Waals surface area contributed by atoms with E-state index in [1.54, 1.807) is 10.7 Å². The average Bonchev–Trinajstić information content (AvgIpc) is 2.99. The second-order valence-electron chi connectivity index (χ2n) is 5.18. The molecule has 5 nitrogen and oxygen atoms in total. The number of aryl methyl sites for hydroxylation is 1. The van der Waals surface area contributed by atoms with Crippen LogP contribution >= 0.6 is 0 Å². The molecule has 0 spiro atoms. The van der Waals surface area contributed by atoms with E-state index in [9.17, 15) is 4.79 Å². The summed E-state index contributed by atoms with van der Waals surface area (Å²) in [5.74, 6) is -0.106. The van der Waals surface area contributed by atoms with Gasteiger partial charge in [-0.2, -0.15) is 5.10 Å². The molecule has 2 heterocycles. The van der Waals surface area contributed by atoms with Crippen molar-refractivity contribution in [1.29, 1.82) is 0 Å². The van der Waals surface area contributed by atoms with Crippen LogP contribution in [0.2, 0.25) is 0 Å². The first-order valence-electron chi connectivity index (χ1n) is 7.39. The van der Waals surface area contributed by atoms with E-state index in [4.69, 9.17) is 0 Å². The molecule has 3 aromatic rings. The molecule has 0 saturated heterocycles. The number of benzene rings is 1. The number of hydrogen-bond donors (Lipinski definition) is 1. The van der Waals surface area contributed by atoms with Gasteiger partial charge >= 0.3 is 0 Å². The lowest BCUT2D eigenvalue weighted by Gasteiger charge is -2.07. The highest BCUT2D eigenvalue weighted by molar-refractivity contribution is 5.95. The molecule has 0 radical (unpaired) electrons. The second kappa shape index (κ2) is 5.97. The molecule has 0 aliphatic carbocycles. The zero-order valence-corrected chi connectivity index (χ0v) is 12.7. The summed E-state index contributed by atoms with van der Waals surface area (Å²) in [5.41, 5.74) is 3.97. The number of nitrogens with zero attached hydrogens (tertiary/aromatic N) is 3. The first-order chi connectivity index (χ1) is 10.7. The van der Waals surface area contributed by atoms with Crippen molar-refractivity contribution in [2.45, 2.75) is 20.3 Å². The predicted octanol–water partition coefficient (Wildman–Crippen LogP) is 2.84. The van der Waals surface area contributed by atoms with Crippen molar-refractivity contribution in [3.8, 4) is 11.3 Å². The minimum atomic E-state index is -0.106. The Morgan fingerprint density at radius 1 is 1.27 bits per heavy atom. The molecule has 2 aromatic heterocycles. The lowest BCUT2D eigenvalue weighted by molar-refractivity contribution is 0.0952. The van der Waals surface area contributed by atoms with E-state index in [-0.39, 0.29) is 5.91 Å². The number of aromatic nitrogens is 3. The Hall–Kier alpha value is -2.69. The third-order valence-corrected chi connectivity index (χ3v) is 3.57. The van der Waals surface area contributed by atoms with E-state index >= 15 is 0 Å². The smallest absolute Gasteiger partial charge is 0.254 e. The van der Waals surface area contributed by atoms with Crippen molar-refractivity contribution in [2.24, 2.45) is 0 Å². The monoisotopic (exact) mass is 294 g/mol. The number of carbonyl (C=O) groups is 1. The summed E-state index contributed by atoms with van der Waals surface area (Å²) in [5, 5.41) is 7.45. The first kappa shape index (κ1) is 14.3. The highest BCUT2D eigenvalue weighted by atomic mass is 16.1. The molecular formula is C17H18N4O. The molecule has 1 aromatic carbocycles. The second-order valence-corrected chi connectivity index (χ2v) is 5.18. The average molecular weight is 294 g/mol. The van der Waals surface area contributed by atoms with Crippen LogP contribution in [0.15, 0.2) is 42.6 Å². The summed E-state index contributed by atoms with van der Waals surface area (Å²) in [4.78, 5) is 16.5. The number of amides is 1. The maximum Gasteiger partial charge on any atom is 0.254 e. The lowest BCUT2D eigenvalue weighted by Crippen LogP contribution is -2.25. The van der Waals surface area contributed by atoms with Gasteiger partial charge in [0, 0.05) is 24.4 Å². The molecule has 5 heteroatoms. The third kappa shape index (κ3) is 2.57. The summed E-state index contributed by atoms with van der Waals surface area (Å²) in [6, 6.07) is 11.9. The van der Waals surface area contributed by atoms with E-state index < -0.39 is 0 Å². The first-order valence-corrected chi connectivity index (χ1v) is 7.39.